The summed E-state index contributed by atoms with van der Waals surface area (Å²) in [6, 6.07) is 0.223. The summed E-state index contributed by atoms with van der Waals surface area (Å²) in [5, 5.41) is 13.3. The molecular formula is C14H26N2O2S. The van der Waals surface area contributed by atoms with Crippen molar-refractivity contribution in [2.75, 3.05) is 24.6 Å². The molecule has 1 amide bonds. The van der Waals surface area contributed by atoms with E-state index in [9.17, 15) is 9.90 Å². The average Bonchev–Trinajstić information content (AvgIpc) is 2.77. The minimum atomic E-state index is -1.12. The quantitative estimate of drug-likeness (QED) is 0.802. The second kappa shape index (κ2) is 5.62. The average molecular weight is 286 g/mol. The molecule has 2 aliphatic heterocycles. The number of hydrogen-bond donors (Lipinski definition) is 2. The molecule has 19 heavy (non-hydrogen) atoms. The van der Waals surface area contributed by atoms with E-state index in [1.165, 1.54) is 0 Å². The third kappa shape index (κ3) is 3.64. The molecule has 2 heterocycles. The van der Waals surface area contributed by atoms with Crippen molar-refractivity contribution in [3.05, 3.63) is 0 Å². The summed E-state index contributed by atoms with van der Waals surface area (Å²) in [6.07, 6.45) is 2.54. The number of nitrogens with one attached hydrogen (secondary N) is 1. The number of thioether (sulfide) groups is 1. The first-order valence-corrected chi connectivity index (χ1v) is 8.33. The lowest BCUT2D eigenvalue weighted by molar-refractivity contribution is -0.138. The van der Waals surface area contributed by atoms with E-state index in [1.807, 2.05) is 0 Å². The van der Waals surface area contributed by atoms with Gasteiger partial charge in [0.25, 0.3) is 5.91 Å². The minimum absolute atomic E-state index is 0.160. The van der Waals surface area contributed by atoms with Gasteiger partial charge in [-0.3, -0.25) is 9.69 Å². The Morgan fingerprint density at radius 3 is 2.47 bits per heavy atom. The largest absolute Gasteiger partial charge is 0.379 e. The molecule has 2 fully saturated rings. The molecule has 0 aliphatic carbocycles. The summed E-state index contributed by atoms with van der Waals surface area (Å²) >= 11 is 1.66. The molecule has 0 radical (unpaired) electrons. The molecule has 0 aromatic heterocycles. The topological polar surface area (TPSA) is 52.6 Å². The maximum atomic E-state index is 12.1. The first-order valence-electron chi connectivity index (χ1n) is 7.17. The SMILES string of the molecule is CC(C)(C)N1CCC(NC(=O)C2(O)CCSC2)CC1. The van der Waals surface area contributed by atoms with Crippen LogP contribution in [0.4, 0.5) is 0 Å². The van der Waals surface area contributed by atoms with E-state index in [4.69, 9.17) is 0 Å². The van der Waals surface area contributed by atoms with Crippen molar-refractivity contribution < 1.29 is 9.90 Å². The second-order valence-corrected chi connectivity index (χ2v) is 7.84. The molecule has 0 aromatic carbocycles. The molecule has 0 spiro atoms. The molecular weight excluding hydrogens is 260 g/mol. The summed E-state index contributed by atoms with van der Waals surface area (Å²) in [6.45, 7) is 8.71. The fourth-order valence-electron chi connectivity index (χ4n) is 2.75. The van der Waals surface area contributed by atoms with Gasteiger partial charge in [-0.05, 0) is 45.8 Å². The summed E-state index contributed by atoms with van der Waals surface area (Å²) < 4.78 is 0. The van der Waals surface area contributed by atoms with Gasteiger partial charge in [0.1, 0.15) is 0 Å². The van der Waals surface area contributed by atoms with Crippen molar-refractivity contribution >= 4 is 17.7 Å². The van der Waals surface area contributed by atoms with Crippen LogP contribution in [-0.2, 0) is 4.79 Å². The number of hydrogen-bond acceptors (Lipinski definition) is 4. The Kier molecular flexibility index (Phi) is 4.48. The van der Waals surface area contributed by atoms with Crippen molar-refractivity contribution in [2.45, 2.75) is 57.2 Å². The van der Waals surface area contributed by atoms with Crippen molar-refractivity contribution in [2.24, 2.45) is 0 Å². The maximum absolute atomic E-state index is 12.1. The van der Waals surface area contributed by atoms with E-state index >= 15 is 0 Å². The van der Waals surface area contributed by atoms with Gasteiger partial charge in [0.15, 0.2) is 5.60 Å². The molecule has 2 aliphatic rings. The molecule has 5 heteroatoms. The van der Waals surface area contributed by atoms with E-state index < -0.39 is 5.60 Å². The van der Waals surface area contributed by atoms with E-state index in [0.29, 0.717) is 12.2 Å². The molecule has 0 bridgehead atoms. The highest BCUT2D eigenvalue weighted by Crippen LogP contribution is 2.28. The Hall–Kier alpha value is -0.260. The van der Waals surface area contributed by atoms with Crippen LogP contribution in [-0.4, -0.2) is 57.7 Å². The van der Waals surface area contributed by atoms with E-state index in [2.05, 4.69) is 31.0 Å². The van der Waals surface area contributed by atoms with Crippen molar-refractivity contribution in [3.8, 4) is 0 Å². The maximum Gasteiger partial charge on any atom is 0.253 e. The van der Waals surface area contributed by atoms with Crippen LogP contribution in [0.3, 0.4) is 0 Å². The standard InChI is InChI=1S/C14H26N2O2S/c1-13(2,3)16-7-4-11(5-8-16)15-12(17)14(18)6-9-19-10-14/h11,18H,4-10H2,1-3H3,(H,15,17). The highest BCUT2D eigenvalue weighted by atomic mass is 32.2. The predicted octanol–water partition coefficient (Wildman–Crippen LogP) is 1.23. The molecule has 2 saturated heterocycles. The van der Waals surface area contributed by atoms with Crippen molar-refractivity contribution in [3.63, 3.8) is 0 Å². The highest BCUT2D eigenvalue weighted by molar-refractivity contribution is 7.99. The molecule has 0 saturated carbocycles. The van der Waals surface area contributed by atoms with Gasteiger partial charge < -0.3 is 10.4 Å². The Balaban J connectivity index is 1.81. The molecule has 2 rings (SSSR count). The van der Waals surface area contributed by atoms with Crippen LogP contribution < -0.4 is 5.32 Å². The lowest BCUT2D eigenvalue weighted by Crippen LogP contribution is -2.55. The van der Waals surface area contributed by atoms with Gasteiger partial charge in [0, 0.05) is 30.4 Å². The Bertz CT molecular complexity index is 327. The van der Waals surface area contributed by atoms with Gasteiger partial charge in [0.2, 0.25) is 0 Å². The van der Waals surface area contributed by atoms with Crippen LogP contribution in [0.25, 0.3) is 0 Å². The highest BCUT2D eigenvalue weighted by Gasteiger charge is 2.40. The van der Waals surface area contributed by atoms with Gasteiger partial charge in [-0.1, -0.05) is 0 Å². The van der Waals surface area contributed by atoms with Crippen molar-refractivity contribution in [1.82, 2.24) is 10.2 Å². The number of likely N-dealkylation sites (tertiary alicyclic amines) is 1. The van der Waals surface area contributed by atoms with Gasteiger partial charge in [0.05, 0.1) is 0 Å². The third-order valence-electron chi connectivity index (χ3n) is 4.20. The van der Waals surface area contributed by atoms with Crippen LogP contribution >= 0.6 is 11.8 Å². The predicted molar refractivity (Wildman–Crippen MR) is 79.4 cm³/mol. The van der Waals surface area contributed by atoms with E-state index in [0.717, 1.165) is 31.7 Å². The fraction of sp³-hybridized carbons (Fsp3) is 0.929. The summed E-state index contributed by atoms with van der Waals surface area (Å²) in [7, 11) is 0. The molecule has 4 nitrogen and oxygen atoms in total. The monoisotopic (exact) mass is 286 g/mol. The van der Waals surface area contributed by atoms with Gasteiger partial charge in [-0.25, -0.2) is 0 Å². The molecule has 1 atom stereocenters. The Morgan fingerprint density at radius 2 is 2.00 bits per heavy atom. The van der Waals surface area contributed by atoms with Crippen LogP contribution in [0, 0.1) is 0 Å². The van der Waals surface area contributed by atoms with Gasteiger partial charge >= 0.3 is 0 Å². The molecule has 2 N–H and O–H groups in total. The van der Waals surface area contributed by atoms with Crippen LogP contribution in [0.2, 0.25) is 0 Å². The summed E-state index contributed by atoms with van der Waals surface area (Å²) in [5.41, 5.74) is -0.916. The first kappa shape index (κ1) is 15.1. The first-order chi connectivity index (χ1) is 8.81. The molecule has 110 valence electrons. The fourth-order valence-corrected chi connectivity index (χ4v) is 3.99. The third-order valence-corrected chi connectivity index (χ3v) is 5.38. The number of carbonyl (C=O) groups is 1. The van der Waals surface area contributed by atoms with Crippen LogP contribution in [0.1, 0.15) is 40.0 Å². The normalized spacial score (nSPS) is 30.5. The number of nitrogens with zero attached hydrogens (tertiary/aromatic N) is 1. The van der Waals surface area contributed by atoms with Crippen LogP contribution in [0.5, 0.6) is 0 Å². The number of piperidine rings is 1. The zero-order valence-electron chi connectivity index (χ0n) is 12.2. The molecule has 1 unspecified atom stereocenters. The summed E-state index contributed by atoms with van der Waals surface area (Å²) in [4.78, 5) is 14.6. The number of carbonyl (C=O) groups excluding carboxylic acids is 1. The lowest BCUT2D eigenvalue weighted by Gasteiger charge is -2.41. The number of amides is 1. The van der Waals surface area contributed by atoms with E-state index in [1.54, 1.807) is 11.8 Å². The zero-order valence-corrected chi connectivity index (χ0v) is 13.1. The Labute approximate surface area is 120 Å². The smallest absolute Gasteiger partial charge is 0.253 e. The van der Waals surface area contributed by atoms with Gasteiger partial charge in [-0.15, -0.1) is 0 Å². The second-order valence-electron chi connectivity index (χ2n) is 6.74. The lowest BCUT2D eigenvalue weighted by atomic mass is 9.96. The van der Waals surface area contributed by atoms with Crippen LogP contribution in [0.15, 0.2) is 0 Å². The molecule has 0 aromatic rings. The van der Waals surface area contributed by atoms with Gasteiger partial charge in [-0.2, -0.15) is 11.8 Å². The number of rotatable bonds is 2. The number of aliphatic hydroxyl groups is 1. The zero-order chi connectivity index (χ0) is 14.1. The van der Waals surface area contributed by atoms with Crippen molar-refractivity contribution in [1.29, 1.82) is 0 Å². The van der Waals surface area contributed by atoms with E-state index in [-0.39, 0.29) is 17.5 Å². The summed E-state index contributed by atoms with van der Waals surface area (Å²) in [5.74, 6) is 1.26. The Morgan fingerprint density at radius 1 is 1.37 bits per heavy atom. The minimum Gasteiger partial charge on any atom is -0.379 e.